The highest BCUT2D eigenvalue weighted by Crippen LogP contribution is 2.29. The highest BCUT2D eigenvalue weighted by molar-refractivity contribution is 5.94. The quantitative estimate of drug-likeness (QED) is 0.793. The molecule has 0 aliphatic carbocycles. The van der Waals surface area contributed by atoms with Crippen molar-refractivity contribution in [3.05, 3.63) is 59.7 Å². The molecule has 3 rings (SSSR count). The number of carbonyl (C=O) groups excluding carboxylic acids is 1. The van der Waals surface area contributed by atoms with Crippen LogP contribution in [0.2, 0.25) is 0 Å². The van der Waals surface area contributed by atoms with Crippen LogP contribution in [0.1, 0.15) is 15.9 Å². The van der Waals surface area contributed by atoms with E-state index in [2.05, 4.69) is 0 Å². The molecule has 0 radical (unpaired) electrons. The van der Waals surface area contributed by atoms with Gasteiger partial charge in [0.25, 0.3) is 5.91 Å². The molecule has 1 amide bonds. The Labute approximate surface area is 160 Å². The van der Waals surface area contributed by atoms with Crippen molar-refractivity contribution < 1.29 is 32.2 Å². The summed E-state index contributed by atoms with van der Waals surface area (Å²) in [6, 6.07) is 11.2. The van der Waals surface area contributed by atoms with Crippen molar-refractivity contribution in [2.24, 2.45) is 0 Å². The van der Waals surface area contributed by atoms with Crippen LogP contribution in [0.4, 0.5) is 13.2 Å². The lowest BCUT2D eigenvalue weighted by molar-refractivity contribution is -0.137. The first-order chi connectivity index (χ1) is 13.4. The Hall–Kier alpha value is -2.74. The number of nitrogens with zero attached hydrogens (tertiary/aromatic N) is 1. The summed E-state index contributed by atoms with van der Waals surface area (Å²) in [5.74, 6) is 0.948. The maximum atomic E-state index is 12.7. The monoisotopic (exact) mass is 395 g/mol. The van der Waals surface area contributed by atoms with Crippen molar-refractivity contribution in [1.29, 1.82) is 0 Å². The van der Waals surface area contributed by atoms with E-state index in [4.69, 9.17) is 14.2 Å². The highest BCUT2D eigenvalue weighted by atomic mass is 19.4. The second kappa shape index (κ2) is 8.52. The first-order valence-electron chi connectivity index (χ1n) is 8.72. The maximum absolute atomic E-state index is 12.7. The molecule has 1 atom stereocenters. The summed E-state index contributed by atoms with van der Waals surface area (Å²) in [6.45, 7) is 1.24. The molecule has 1 fully saturated rings. The van der Waals surface area contributed by atoms with Crippen LogP contribution >= 0.6 is 0 Å². The van der Waals surface area contributed by atoms with Gasteiger partial charge in [0.2, 0.25) is 0 Å². The van der Waals surface area contributed by atoms with Crippen molar-refractivity contribution in [3.8, 4) is 11.5 Å². The third kappa shape index (κ3) is 4.95. The topological polar surface area (TPSA) is 48.0 Å². The van der Waals surface area contributed by atoms with E-state index in [1.807, 2.05) is 0 Å². The highest BCUT2D eigenvalue weighted by Gasteiger charge is 2.31. The van der Waals surface area contributed by atoms with Gasteiger partial charge < -0.3 is 19.1 Å². The number of amides is 1. The average Bonchev–Trinajstić information content (AvgIpc) is 2.93. The van der Waals surface area contributed by atoms with Crippen molar-refractivity contribution >= 4 is 5.91 Å². The normalized spacial score (nSPS) is 17.7. The van der Waals surface area contributed by atoms with E-state index in [-0.39, 0.29) is 18.0 Å². The molecule has 0 aromatic heterocycles. The molecular formula is C20H20F3NO4. The summed E-state index contributed by atoms with van der Waals surface area (Å²) in [4.78, 5) is 14.2. The standard InChI is InChI=1S/C20H20F3NO4/c1-26-16-6-8-17(9-7-16)28-18-12-24(10-11-27-13-18)19(25)14-2-4-15(5-3-14)20(21,22)23/h2-9,18H,10-13H2,1H3/t18-/m1/s1. The first-order valence-corrected chi connectivity index (χ1v) is 8.72. The van der Waals surface area contributed by atoms with Crippen LogP contribution in [0, 0.1) is 0 Å². The van der Waals surface area contributed by atoms with Gasteiger partial charge in [0.15, 0.2) is 0 Å². The summed E-state index contributed by atoms with van der Waals surface area (Å²) in [5, 5.41) is 0. The minimum atomic E-state index is -4.44. The number of carbonyl (C=O) groups is 1. The molecule has 0 N–H and O–H groups in total. The Morgan fingerprint density at radius 3 is 2.32 bits per heavy atom. The van der Waals surface area contributed by atoms with Crippen LogP contribution in [-0.2, 0) is 10.9 Å². The van der Waals surface area contributed by atoms with E-state index < -0.39 is 17.8 Å². The molecule has 2 aromatic carbocycles. The van der Waals surface area contributed by atoms with E-state index in [1.165, 1.54) is 17.0 Å². The second-order valence-electron chi connectivity index (χ2n) is 6.32. The van der Waals surface area contributed by atoms with Gasteiger partial charge in [0, 0.05) is 12.1 Å². The van der Waals surface area contributed by atoms with Crippen LogP contribution in [0.15, 0.2) is 48.5 Å². The molecular weight excluding hydrogens is 375 g/mol. The molecule has 1 heterocycles. The Morgan fingerprint density at radius 2 is 1.71 bits per heavy atom. The van der Waals surface area contributed by atoms with Crippen LogP contribution in [0.5, 0.6) is 11.5 Å². The zero-order chi connectivity index (χ0) is 20.1. The van der Waals surface area contributed by atoms with Crippen molar-refractivity contribution in [1.82, 2.24) is 4.90 Å². The number of benzene rings is 2. The molecule has 0 saturated carbocycles. The third-order valence-electron chi connectivity index (χ3n) is 4.34. The Kier molecular flexibility index (Phi) is 6.08. The predicted octanol–water partition coefficient (Wildman–Crippen LogP) is 3.63. The fraction of sp³-hybridized carbons (Fsp3) is 0.350. The summed E-state index contributed by atoms with van der Waals surface area (Å²) in [5.41, 5.74) is -0.595. The molecule has 0 bridgehead atoms. The zero-order valence-electron chi connectivity index (χ0n) is 15.2. The molecule has 0 unspecified atom stereocenters. The Bertz CT molecular complexity index is 791. The number of alkyl halides is 3. The fourth-order valence-electron chi connectivity index (χ4n) is 2.87. The molecule has 1 aliphatic rings. The van der Waals surface area contributed by atoms with E-state index in [0.29, 0.717) is 31.3 Å². The van der Waals surface area contributed by atoms with Crippen LogP contribution in [0.25, 0.3) is 0 Å². The summed E-state index contributed by atoms with van der Waals surface area (Å²) >= 11 is 0. The molecule has 1 aliphatic heterocycles. The van der Waals surface area contributed by atoms with E-state index >= 15 is 0 Å². The van der Waals surface area contributed by atoms with Gasteiger partial charge in [-0.1, -0.05) is 0 Å². The van der Waals surface area contributed by atoms with Crippen LogP contribution in [0.3, 0.4) is 0 Å². The average molecular weight is 395 g/mol. The van der Waals surface area contributed by atoms with Crippen LogP contribution < -0.4 is 9.47 Å². The van der Waals surface area contributed by atoms with E-state index in [0.717, 1.165) is 12.1 Å². The molecule has 1 saturated heterocycles. The Balaban J connectivity index is 1.67. The lowest BCUT2D eigenvalue weighted by atomic mass is 10.1. The van der Waals surface area contributed by atoms with Gasteiger partial charge in [-0.25, -0.2) is 0 Å². The van der Waals surface area contributed by atoms with Gasteiger partial charge in [0.1, 0.15) is 17.6 Å². The van der Waals surface area contributed by atoms with Crippen molar-refractivity contribution in [2.45, 2.75) is 12.3 Å². The molecule has 150 valence electrons. The van der Waals surface area contributed by atoms with Gasteiger partial charge in [-0.2, -0.15) is 13.2 Å². The minimum absolute atomic E-state index is 0.193. The second-order valence-corrected chi connectivity index (χ2v) is 6.32. The van der Waals surface area contributed by atoms with Crippen LogP contribution in [-0.4, -0.2) is 50.3 Å². The largest absolute Gasteiger partial charge is 0.497 e. The maximum Gasteiger partial charge on any atom is 0.416 e. The molecule has 28 heavy (non-hydrogen) atoms. The predicted molar refractivity (Wildman–Crippen MR) is 95.6 cm³/mol. The molecule has 5 nitrogen and oxygen atoms in total. The lowest BCUT2D eigenvalue weighted by Crippen LogP contribution is -2.40. The van der Waals surface area contributed by atoms with Gasteiger partial charge >= 0.3 is 6.18 Å². The number of hydrogen-bond donors (Lipinski definition) is 0. The van der Waals surface area contributed by atoms with E-state index in [1.54, 1.807) is 31.4 Å². The number of halogens is 3. The van der Waals surface area contributed by atoms with Gasteiger partial charge in [-0.15, -0.1) is 0 Å². The van der Waals surface area contributed by atoms with E-state index in [9.17, 15) is 18.0 Å². The number of ether oxygens (including phenoxy) is 3. The van der Waals surface area contributed by atoms with Gasteiger partial charge in [0.05, 0.1) is 32.4 Å². The lowest BCUT2D eigenvalue weighted by Gasteiger charge is -2.24. The Morgan fingerprint density at radius 1 is 1.07 bits per heavy atom. The van der Waals surface area contributed by atoms with Gasteiger partial charge in [-0.05, 0) is 48.5 Å². The molecule has 8 heteroatoms. The summed E-state index contributed by atoms with van der Waals surface area (Å²) < 4.78 is 54.6. The smallest absolute Gasteiger partial charge is 0.416 e. The zero-order valence-corrected chi connectivity index (χ0v) is 15.2. The molecule has 0 spiro atoms. The fourth-order valence-corrected chi connectivity index (χ4v) is 2.87. The number of rotatable bonds is 4. The summed E-state index contributed by atoms with van der Waals surface area (Å²) in [6.07, 6.45) is -4.83. The van der Waals surface area contributed by atoms with Crippen molar-refractivity contribution in [2.75, 3.05) is 33.4 Å². The SMILES string of the molecule is COc1ccc(O[C@H]2COCCN(C(=O)c3ccc(C(F)(F)F)cc3)C2)cc1. The third-order valence-corrected chi connectivity index (χ3v) is 4.34. The minimum Gasteiger partial charge on any atom is -0.497 e. The number of methoxy groups -OCH3 is 1. The number of hydrogen-bond acceptors (Lipinski definition) is 4. The summed E-state index contributed by atoms with van der Waals surface area (Å²) in [7, 11) is 1.57. The van der Waals surface area contributed by atoms with Crippen molar-refractivity contribution in [3.63, 3.8) is 0 Å². The van der Waals surface area contributed by atoms with Gasteiger partial charge in [-0.3, -0.25) is 4.79 Å². The first kappa shape index (κ1) is 20.0. The molecule has 2 aromatic rings.